The Hall–Kier alpha value is -0.430. The third-order valence-electron chi connectivity index (χ3n) is 7.74. The molecule has 32 heavy (non-hydrogen) atoms. The fraction of sp³-hybridized carbons (Fsp3) is 0.952. The quantitative estimate of drug-likeness (QED) is 0.496. The Balaban J connectivity index is 1.36. The molecule has 184 valence electrons. The molecule has 1 amide bonds. The molecule has 0 aromatic carbocycles. The molecule has 11 heteroatoms. The number of hydrogen-bond acceptors (Lipinski definition) is 7. The van der Waals surface area contributed by atoms with Crippen LogP contribution in [-0.4, -0.2) is 92.7 Å². The fourth-order valence-electron chi connectivity index (χ4n) is 5.98. The van der Waals surface area contributed by atoms with Gasteiger partial charge in [-0.05, 0) is 38.0 Å². The van der Waals surface area contributed by atoms with Gasteiger partial charge in [-0.1, -0.05) is 12.8 Å². The largest absolute Gasteiger partial charge is 0.381 e. The summed E-state index contributed by atoms with van der Waals surface area (Å²) >= 11 is 1.63. The van der Waals surface area contributed by atoms with Crippen molar-refractivity contribution < 1.29 is 17.9 Å². The van der Waals surface area contributed by atoms with Crippen molar-refractivity contribution in [2.45, 2.75) is 68.0 Å². The van der Waals surface area contributed by atoms with E-state index in [0.29, 0.717) is 37.5 Å². The molecule has 8 atom stereocenters. The van der Waals surface area contributed by atoms with Gasteiger partial charge in [0.15, 0.2) is 0 Å². The third kappa shape index (κ3) is 4.99. The van der Waals surface area contributed by atoms with E-state index in [0.717, 1.165) is 19.3 Å². The Morgan fingerprint density at radius 2 is 1.94 bits per heavy atom. The highest BCUT2D eigenvalue weighted by Gasteiger charge is 2.47. The Kier molecular flexibility index (Phi) is 7.75. The number of nitrogens with zero attached hydrogens (tertiary/aromatic N) is 2. The number of piperidine rings is 1. The van der Waals surface area contributed by atoms with Crippen molar-refractivity contribution in [1.82, 2.24) is 24.6 Å². The van der Waals surface area contributed by atoms with E-state index >= 15 is 0 Å². The first-order chi connectivity index (χ1) is 15.2. The number of carbonyl (C=O) groups is 1. The summed E-state index contributed by atoms with van der Waals surface area (Å²) in [4.78, 5) is 13.4. The first-order valence-corrected chi connectivity index (χ1v) is 14.2. The summed E-state index contributed by atoms with van der Waals surface area (Å²) < 4.78 is 33.5. The molecule has 0 radical (unpaired) electrons. The van der Waals surface area contributed by atoms with Crippen LogP contribution in [0.3, 0.4) is 0 Å². The molecule has 1 saturated carbocycles. The van der Waals surface area contributed by atoms with Gasteiger partial charge in [0.25, 0.3) is 10.2 Å². The van der Waals surface area contributed by atoms with Crippen LogP contribution in [0.15, 0.2) is 0 Å². The normalized spacial score (nSPS) is 41.0. The SMILES string of the molecule is COC1CCCCC1C1CC(C)NCC1C(=O)NC1NC2CN(S(=O)(=O)N(C)C)CC2S1. The van der Waals surface area contributed by atoms with E-state index in [1.54, 1.807) is 33.0 Å². The van der Waals surface area contributed by atoms with Gasteiger partial charge in [0.05, 0.1) is 12.0 Å². The molecule has 3 saturated heterocycles. The average molecular weight is 490 g/mol. The highest BCUT2D eigenvalue weighted by Crippen LogP contribution is 2.40. The van der Waals surface area contributed by atoms with Gasteiger partial charge < -0.3 is 15.4 Å². The van der Waals surface area contributed by atoms with Gasteiger partial charge in [0, 0.05) is 58.2 Å². The molecule has 3 N–H and O–H groups in total. The lowest BCUT2D eigenvalue weighted by atomic mass is 9.68. The number of carbonyl (C=O) groups excluding carboxylic acids is 1. The van der Waals surface area contributed by atoms with Crippen LogP contribution in [0.25, 0.3) is 0 Å². The molecule has 3 heterocycles. The smallest absolute Gasteiger partial charge is 0.281 e. The summed E-state index contributed by atoms with van der Waals surface area (Å²) in [6.07, 6.45) is 5.89. The maximum Gasteiger partial charge on any atom is 0.281 e. The van der Waals surface area contributed by atoms with E-state index in [9.17, 15) is 13.2 Å². The molecule has 3 aliphatic heterocycles. The zero-order valence-electron chi connectivity index (χ0n) is 19.6. The number of amides is 1. The van der Waals surface area contributed by atoms with Gasteiger partial charge in [0.2, 0.25) is 5.91 Å². The van der Waals surface area contributed by atoms with Crippen molar-refractivity contribution in [3.8, 4) is 0 Å². The number of methoxy groups -OCH3 is 1. The molecule has 4 aliphatic rings. The van der Waals surface area contributed by atoms with E-state index in [1.165, 1.54) is 21.5 Å². The number of hydrogen-bond donors (Lipinski definition) is 3. The molecule has 0 spiro atoms. The van der Waals surface area contributed by atoms with Crippen molar-refractivity contribution in [3.05, 3.63) is 0 Å². The molecule has 0 aromatic rings. The molecule has 4 rings (SSSR count). The Bertz CT molecular complexity index is 768. The lowest BCUT2D eigenvalue weighted by Crippen LogP contribution is -2.55. The minimum atomic E-state index is -3.40. The molecule has 1 aliphatic carbocycles. The van der Waals surface area contributed by atoms with Gasteiger partial charge in [-0.2, -0.15) is 17.0 Å². The third-order valence-corrected chi connectivity index (χ3v) is 11.0. The average Bonchev–Trinajstić information content (AvgIpc) is 3.32. The van der Waals surface area contributed by atoms with Gasteiger partial charge >= 0.3 is 0 Å². The van der Waals surface area contributed by atoms with Gasteiger partial charge in [-0.25, -0.2) is 0 Å². The maximum atomic E-state index is 13.4. The monoisotopic (exact) mass is 489 g/mol. The molecular formula is C21H39N5O4S2. The highest BCUT2D eigenvalue weighted by atomic mass is 32.2. The minimum absolute atomic E-state index is 0.0524. The summed E-state index contributed by atoms with van der Waals surface area (Å²) in [6.45, 7) is 3.81. The number of nitrogens with one attached hydrogen (secondary N) is 3. The van der Waals surface area contributed by atoms with Gasteiger partial charge in [-0.3, -0.25) is 10.1 Å². The van der Waals surface area contributed by atoms with Crippen LogP contribution >= 0.6 is 11.8 Å². The van der Waals surface area contributed by atoms with Crippen LogP contribution in [0.4, 0.5) is 0 Å². The van der Waals surface area contributed by atoms with Crippen LogP contribution in [0, 0.1) is 17.8 Å². The lowest BCUT2D eigenvalue weighted by molar-refractivity contribution is -0.130. The maximum absolute atomic E-state index is 13.4. The summed E-state index contributed by atoms with van der Waals surface area (Å²) in [5.41, 5.74) is -0.175. The van der Waals surface area contributed by atoms with E-state index in [-0.39, 0.29) is 34.7 Å². The second kappa shape index (κ2) is 10.1. The van der Waals surface area contributed by atoms with Crippen LogP contribution in [0.2, 0.25) is 0 Å². The number of thioether (sulfide) groups is 1. The molecule has 9 nitrogen and oxygen atoms in total. The second-order valence-electron chi connectivity index (χ2n) is 9.98. The predicted octanol–water partition coefficient (Wildman–Crippen LogP) is 0.401. The van der Waals surface area contributed by atoms with Crippen molar-refractivity contribution in [2.24, 2.45) is 17.8 Å². The standard InChI is InChI=1S/C21H39N5O4S2/c1-13-9-15(14-7-5-6-8-18(14)30-4)16(10-22-13)20(27)24-21-23-17-11-26(12-19(17)31-21)32(28,29)25(2)3/h13-19,21-23H,5-12H2,1-4H3,(H,24,27). The number of rotatable bonds is 6. The zero-order valence-corrected chi connectivity index (χ0v) is 21.3. The predicted molar refractivity (Wildman–Crippen MR) is 126 cm³/mol. The summed E-state index contributed by atoms with van der Waals surface area (Å²) in [5, 5.41) is 10.3. The van der Waals surface area contributed by atoms with Crippen LogP contribution < -0.4 is 16.0 Å². The lowest BCUT2D eigenvalue weighted by Gasteiger charge is -2.44. The summed E-state index contributed by atoms with van der Waals surface area (Å²) in [6, 6.07) is 0.461. The minimum Gasteiger partial charge on any atom is -0.381 e. The molecular weight excluding hydrogens is 450 g/mol. The second-order valence-corrected chi connectivity index (χ2v) is 13.5. The number of fused-ring (bicyclic) bond motifs is 1. The Morgan fingerprint density at radius 1 is 1.19 bits per heavy atom. The van der Waals surface area contributed by atoms with E-state index < -0.39 is 10.2 Å². The molecule has 8 unspecified atom stereocenters. The van der Waals surface area contributed by atoms with E-state index in [2.05, 4.69) is 22.9 Å². The Morgan fingerprint density at radius 3 is 2.62 bits per heavy atom. The highest BCUT2D eigenvalue weighted by molar-refractivity contribution is 8.00. The van der Waals surface area contributed by atoms with E-state index in [1.807, 2.05) is 0 Å². The fourth-order valence-corrected chi connectivity index (χ4v) is 8.64. The number of ether oxygens (including phenoxy) is 1. The van der Waals surface area contributed by atoms with E-state index in [4.69, 9.17) is 4.74 Å². The van der Waals surface area contributed by atoms with Crippen LogP contribution in [-0.2, 0) is 19.7 Å². The Labute approximate surface area is 196 Å². The summed E-state index contributed by atoms with van der Waals surface area (Å²) in [5.74, 6) is 0.781. The van der Waals surface area contributed by atoms with Crippen LogP contribution in [0.1, 0.15) is 39.0 Å². The van der Waals surface area contributed by atoms with Crippen LogP contribution in [0.5, 0.6) is 0 Å². The van der Waals surface area contributed by atoms with Gasteiger partial charge in [0.1, 0.15) is 5.50 Å². The van der Waals surface area contributed by atoms with Crippen molar-refractivity contribution in [1.29, 1.82) is 0 Å². The summed E-state index contributed by atoms with van der Waals surface area (Å²) in [7, 11) is 1.52. The van der Waals surface area contributed by atoms with Crippen molar-refractivity contribution >= 4 is 27.9 Å². The first-order valence-electron chi connectivity index (χ1n) is 11.9. The first kappa shape index (κ1) is 24.7. The molecule has 0 bridgehead atoms. The molecule has 4 fully saturated rings. The van der Waals surface area contributed by atoms with Crippen molar-refractivity contribution in [2.75, 3.05) is 40.8 Å². The van der Waals surface area contributed by atoms with Crippen molar-refractivity contribution in [3.63, 3.8) is 0 Å². The van der Waals surface area contributed by atoms with Gasteiger partial charge in [-0.15, -0.1) is 11.8 Å². The topological polar surface area (TPSA) is 103 Å². The molecule has 0 aromatic heterocycles. The zero-order chi connectivity index (χ0) is 23.0.